The van der Waals surface area contributed by atoms with Gasteiger partial charge in [-0.2, -0.15) is 16.2 Å². The maximum atomic E-state index is 13.4. The molecular formula is C11H13F2N3O3S. The molecule has 20 heavy (non-hydrogen) atoms. The first-order chi connectivity index (χ1) is 9.36. The lowest BCUT2D eigenvalue weighted by Gasteiger charge is -2.12. The van der Waals surface area contributed by atoms with Gasteiger partial charge in [-0.3, -0.25) is 14.9 Å². The van der Waals surface area contributed by atoms with E-state index in [0.717, 1.165) is 0 Å². The molecule has 0 aliphatic carbocycles. The van der Waals surface area contributed by atoms with Crippen molar-refractivity contribution in [3.05, 3.63) is 33.9 Å². The van der Waals surface area contributed by atoms with E-state index in [1.807, 2.05) is 6.26 Å². The number of nitrogens with zero attached hydrogens (tertiary/aromatic N) is 1. The molecule has 0 heterocycles. The van der Waals surface area contributed by atoms with Gasteiger partial charge in [-0.25, -0.2) is 4.39 Å². The highest BCUT2D eigenvalue weighted by Crippen LogP contribution is 2.25. The number of carbonyl (C=O) groups excluding carboxylic acids is 1. The van der Waals surface area contributed by atoms with Crippen molar-refractivity contribution in [1.82, 2.24) is 0 Å². The van der Waals surface area contributed by atoms with E-state index < -0.39 is 39.9 Å². The summed E-state index contributed by atoms with van der Waals surface area (Å²) >= 11 is 1.49. The number of anilines is 1. The highest BCUT2D eigenvalue weighted by Gasteiger charge is 2.21. The maximum Gasteiger partial charge on any atom is 0.307 e. The molecule has 6 nitrogen and oxygen atoms in total. The molecule has 0 radical (unpaired) electrons. The van der Waals surface area contributed by atoms with Crippen LogP contribution >= 0.6 is 11.8 Å². The average Bonchev–Trinajstić information content (AvgIpc) is 2.38. The molecule has 9 heteroatoms. The fourth-order valence-corrected chi connectivity index (χ4v) is 1.86. The molecule has 0 aliphatic heterocycles. The largest absolute Gasteiger partial charge is 0.322 e. The molecular weight excluding hydrogens is 292 g/mol. The van der Waals surface area contributed by atoms with Crippen LogP contribution in [0.1, 0.15) is 6.42 Å². The first-order valence-electron chi connectivity index (χ1n) is 5.55. The fourth-order valence-electron chi connectivity index (χ4n) is 1.37. The summed E-state index contributed by atoms with van der Waals surface area (Å²) in [5.41, 5.74) is 4.19. The number of nitrogens with one attached hydrogen (secondary N) is 1. The summed E-state index contributed by atoms with van der Waals surface area (Å²) in [5.74, 6) is -2.45. The predicted molar refractivity (Wildman–Crippen MR) is 72.6 cm³/mol. The Morgan fingerprint density at radius 3 is 2.70 bits per heavy atom. The van der Waals surface area contributed by atoms with E-state index in [4.69, 9.17) is 5.73 Å². The number of rotatable bonds is 6. The number of nitro groups is 1. The van der Waals surface area contributed by atoms with Gasteiger partial charge in [0.1, 0.15) is 5.82 Å². The van der Waals surface area contributed by atoms with Gasteiger partial charge in [-0.15, -0.1) is 0 Å². The van der Waals surface area contributed by atoms with Gasteiger partial charge in [0.15, 0.2) is 0 Å². The van der Waals surface area contributed by atoms with E-state index in [-0.39, 0.29) is 0 Å². The van der Waals surface area contributed by atoms with Crippen LogP contribution in [0.15, 0.2) is 12.1 Å². The summed E-state index contributed by atoms with van der Waals surface area (Å²) in [4.78, 5) is 21.2. The van der Waals surface area contributed by atoms with E-state index in [0.29, 0.717) is 24.3 Å². The number of benzene rings is 1. The Balaban J connectivity index is 2.89. The van der Waals surface area contributed by atoms with Gasteiger partial charge >= 0.3 is 5.69 Å². The Labute approximate surface area is 117 Å². The van der Waals surface area contributed by atoms with Crippen molar-refractivity contribution in [3.8, 4) is 0 Å². The maximum absolute atomic E-state index is 13.4. The zero-order chi connectivity index (χ0) is 15.3. The highest BCUT2D eigenvalue weighted by molar-refractivity contribution is 7.98. The normalized spacial score (nSPS) is 12.0. The molecule has 0 aromatic heterocycles. The minimum Gasteiger partial charge on any atom is -0.322 e. The Morgan fingerprint density at radius 2 is 2.15 bits per heavy atom. The van der Waals surface area contributed by atoms with Crippen LogP contribution in [-0.2, 0) is 4.79 Å². The Hall–Kier alpha value is -1.74. The molecule has 0 saturated carbocycles. The summed E-state index contributed by atoms with van der Waals surface area (Å²) < 4.78 is 26.6. The quantitative estimate of drug-likeness (QED) is 0.618. The molecule has 0 bridgehead atoms. The van der Waals surface area contributed by atoms with Crippen molar-refractivity contribution in [2.75, 3.05) is 17.3 Å². The lowest BCUT2D eigenvalue weighted by molar-refractivity contribution is -0.387. The smallest absolute Gasteiger partial charge is 0.307 e. The molecule has 3 N–H and O–H groups in total. The lowest BCUT2D eigenvalue weighted by atomic mass is 10.2. The number of thioether (sulfide) groups is 1. The highest BCUT2D eigenvalue weighted by atomic mass is 32.2. The van der Waals surface area contributed by atoms with Gasteiger partial charge in [-0.05, 0) is 18.4 Å². The molecule has 1 aromatic carbocycles. The van der Waals surface area contributed by atoms with Crippen LogP contribution in [-0.4, -0.2) is 28.9 Å². The molecule has 1 atom stereocenters. The Kier molecular flexibility index (Phi) is 5.83. The lowest BCUT2D eigenvalue weighted by Crippen LogP contribution is -2.36. The van der Waals surface area contributed by atoms with Crippen LogP contribution in [0.25, 0.3) is 0 Å². The van der Waals surface area contributed by atoms with Crippen molar-refractivity contribution < 1.29 is 18.5 Å². The van der Waals surface area contributed by atoms with Crippen molar-refractivity contribution in [3.63, 3.8) is 0 Å². The fraction of sp³-hybridized carbons (Fsp3) is 0.364. The monoisotopic (exact) mass is 305 g/mol. The zero-order valence-corrected chi connectivity index (χ0v) is 11.4. The number of nitro benzene ring substituents is 1. The number of halogens is 2. The van der Waals surface area contributed by atoms with E-state index in [9.17, 15) is 23.7 Å². The average molecular weight is 305 g/mol. The summed E-state index contributed by atoms with van der Waals surface area (Å²) in [6.45, 7) is 0. The molecule has 0 aliphatic rings. The van der Waals surface area contributed by atoms with Crippen LogP contribution < -0.4 is 11.1 Å². The van der Waals surface area contributed by atoms with Crippen LogP contribution in [0.5, 0.6) is 0 Å². The summed E-state index contributed by atoms with van der Waals surface area (Å²) in [7, 11) is 0. The minimum atomic E-state index is -1.31. The molecule has 110 valence electrons. The number of hydrogen-bond donors (Lipinski definition) is 2. The van der Waals surface area contributed by atoms with Gasteiger partial charge in [-0.1, -0.05) is 0 Å². The van der Waals surface area contributed by atoms with Gasteiger partial charge in [0.2, 0.25) is 11.7 Å². The topological polar surface area (TPSA) is 98.3 Å². The van der Waals surface area contributed by atoms with Crippen molar-refractivity contribution >= 4 is 29.0 Å². The van der Waals surface area contributed by atoms with Crippen molar-refractivity contribution in [1.29, 1.82) is 0 Å². The molecule has 0 saturated heterocycles. The van der Waals surface area contributed by atoms with Gasteiger partial charge in [0, 0.05) is 12.1 Å². The molecule has 1 aromatic rings. The first kappa shape index (κ1) is 16.3. The van der Waals surface area contributed by atoms with E-state index in [2.05, 4.69) is 5.32 Å². The number of hydrogen-bond acceptors (Lipinski definition) is 5. The van der Waals surface area contributed by atoms with E-state index in [1.165, 1.54) is 11.8 Å². The van der Waals surface area contributed by atoms with Crippen molar-refractivity contribution in [2.45, 2.75) is 12.5 Å². The molecule has 0 spiro atoms. The SMILES string of the molecule is CSCC[C@H](N)C(=O)Nc1cc([N+](=O)[O-])c(F)cc1F. The molecule has 1 rings (SSSR count). The number of carbonyl (C=O) groups is 1. The van der Waals surface area contributed by atoms with Gasteiger partial charge < -0.3 is 11.1 Å². The zero-order valence-electron chi connectivity index (χ0n) is 10.6. The summed E-state index contributed by atoms with van der Waals surface area (Å²) in [6, 6.07) is 0.108. The standard InChI is InChI=1S/C11H13F2N3O3S/c1-20-3-2-8(14)11(17)15-9-5-10(16(18)19)7(13)4-6(9)12/h4-5,8H,2-3,14H2,1H3,(H,15,17)/t8-/m0/s1. The third-order valence-electron chi connectivity index (χ3n) is 2.46. The van der Waals surface area contributed by atoms with Gasteiger partial charge in [0.05, 0.1) is 16.7 Å². The number of nitrogens with two attached hydrogens (primary N) is 1. The van der Waals surface area contributed by atoms with Gasteiger partial charge in [0.25, 0.3) is 0 Å². The molecule has 0 fully saturated rings. The Morgan fingerprint density at radius 1 is 1.50 bits per heavy atom. The first-order valence-corrected chi connectivity index (χ1v) is 6.95. The van der Waals surface area contributed by atoms with Crippen LogP contribution in [0.3, 0.4) is 0 Å². The van der Waals surface area contributed by atoms with Crippen LogP contribution in [0.4, 0.5) is 20.2 Å². The third kappa shape index (κ3) is 4.14. The van der Waals surface area contributed by atoms with E-state index in [1.54, 1.807) is 0 Å². The third-order valence-corrected chi connectivity index (χ3v) is 3.10. The Bertz CT molecular complexity index is 528. The van der Waals surface area contributed by atoms with Crippen LogP contribution in [0.2, 0.25) is 0 Å². The summed E-state index contributed by atoms with van der Waals surface area (Å²) in [5, 5.41) is 12.7. The van der Waals surface area contributed by atoms with E-state index >= 15 is 0 Å². The second kappa shape index (κ2) is 7.15. The molecule has 1 amide bonds. The minimum absolute atomic E-state index is 0.348. The van der Waals surface area contributed by atoms with Crippen LogP contribution in [0, 0.1) is 21.7 Å². The second-order valence-corrected chi connectivity index (χ2v) is 4.90. The summed E-state index contributed by atoms with van der Waals surface area (Å²) in [6.07, 6.45) is 2.21. The second-order valence-electron chi connectivity index (χ2n) is 3.92. The van der Waals surface area contributed by atoms with Crippen molar-refractivity contribution in [2.24, 2.45) is 5.73 Å². The number of amides is 1. The molecule has 0 unspecified atom stereocenters. The predicted octanol–water partition coefficient (Wildman–Crippen LogP) is 1.89.